The zero-order valence-corrected chi connectivity index (χ0v) is 17.7. The molecule has 152 valence electrons. The molecule has 2 aromatic heterocycles. The van der Waals surface area contributed by atoms with E-state index in [4.69, 9.17) is 5.73 Å². The van der Waals surface area contributed by atoms with Gasteiger partial charge in [-0.15, -0.1) is 23.7 Å². The minimum absolute atomic E-state index is 0. The van der Waals surface area contributed by atoms with Crippen LogP contribution in [0.2, 0.25) is 0 Å². The van der Waals surface area contributed by atoms with Crippen LogP contribution in [0.1, 0.15) is 29.5 Å². The van der Waals surface area contributed by atoms with Crippen molar-refractivity contribution in [3.05, 3.63) is 68.6 Å². The molecule has 0 aliphatic heterocycles. The van der Waals surface area contributed by atoms with Gasteiger partial charge in [0, 0.05) is 10.8 Å². The maximum Gasteiger partial charge on any atom is 0.266 e. The van der Waals surface area contributed by atoms with Crippen molar-refractivity contribution in [2.75, 3.05) is 6.54 Å². The van der Waals surface area contributed by atoms with E-state index < -0.39 is 0 Å². The number of aliphatic hydroxyl groups is 1. The lowest BCUT2D eigenvalue weighted by molar-refractivity contribution is 0.282. The Kier molecular flexibility index (Phi) is 6.10. The van der Waals surface area contributed by atoms with Crippen molar-refractivity contribution in [2.45, 2.75) is 26.4 Å². The van der Waals surface area contributed by atoms with Crippen LogP contribution < -0.4 is 11.3 Å². The zero-order chi connectivity index (χ0) is 20.0. The highest BCUT2D eigenvalue weighted by Gasteiger charge is 2.19. The van der Waals surface area contributed by atoms with Crippen LogP contribution in [0, 0.1) is 12.7 Å². The molecule has 4 aromatic rings. The van der Waals surface area contributed by atoms with Crippen LogP contribution in [0.3, 0.4) is 0 Å². The SMILES string of the molecule is Cc1cc(CO)c(-c2ccc(C(C)CN)c(F)c2)c2c1[nH]c(=O)c1sccc12.Cl. The van der Waals surface area contributed by atoms with Crippen LogP contribution >= 0.6 is 23.7 Å². The number of aromatic amines is 1. The molecule has 2 heterocycles. The van der Waals surface area contributed by atoms with Gasteiger partial charge in [-0.3, -0.25) is 4.79 Å². The van der Waals surface area contributed by atoms with Gasteiger partial charge in [0.15, 0.2) is 0 Å². The van der Waals surface area contributed by atoms with Crippen LogP contribution in [0.5, 0.6) is 0 Å². The molecule has 0 saturated heterocycles. The van der Waals surface area contributed by atoms with Crippen molar-refractivity contribution in [1.82, 2.24) is 4.98 Å². The van der Waals surface area contributed by atoms with Gasteiger partial charge in [0.05, 0.1) is 12.1 Å². The molecule has 4 rings (SSSR count). The van der Waals surface area contributed by atoms with E-state index in [1.54, 1.807) is 6.07 Å². The number of H-pyrrole nitrogens is 1. The molecule has 0 saturated carbocycles. The number of hydrogen-bond donors (Lipinski definition) is 3. The fraction of sp³-hybridized carbons (Fsp3) is 0.227. The Morgan fingerprint density at radius 2 is 2.03 bits per heavy atom. The summed E-state index contributed by atoms with van der Waals surface area (Å²) in [4.78, 5) is 15.4. The minimum Gasteiger partial charge on any atom is -0.392 e. The van der Waals surface area contributed by atoms with Crippen molar-refractivity contribution in [2.24, 2.45) is 5.73 Å². The predicted molar refractivity (Wildman–Crippen MR) is 121 cm³/mol. The van der Waals surface area contributed by atoms with Crippen molar-refractivity contribution >= 4 is 44.7 Å². The van der Waals surface area contributed by atoms with E-state index in [2.05, 4.69) is 4.98 Å². The van der Waals surface area contributed by atoms with Crippen LogP contribution in [-0.2, 0) is 6.61 Å². The number of pyridine rings is 1. The Morgan fingerprint density at radius 3 is 2.69 bits per heavy atom. The third kappa shape index (κ3) is 3.46. The summed E-state index contributed by atoms with van der Waals surface area (Å²) in [7, 11) is 0. The summed E-state index contributed by atoms with van der Waals surface area (Å²) in [6.07, 6.45) is 0. The molecule has 7 heteroatoms. The summed E-state index contributed by atoms with van der Waals surface area (Å²) in [5.41, 5.74) is 9.81. The second kappa shape index (κ2) is 8.24. The molecule has 0 fully saturated rings. The Morgan fingerprint density at radius 1 is 1.28 bits per heavy atom. The monoisotopic (exact) mass is 432 g/mol. The maximum absolute atomic E-state index is 14.8. The standard InChI is InChI=1S/C22H21FN2O2S.ClH/c1-11-7-14(10-26)18(13-3-4-15(12(2)9-24)17(23)8-13)19-16-5-6-28-21(16)22(27)25-20(11)19;/h3-8,12,26H,9-10,24H2,1-2H3,(H,25,27);1H. The van der Waals surface area contributed by atoms with Gasteiger partial charge in [0.25, 0.3) is 5.56 Å². The number of aryl methyl sites for hydroxylation is 1. The van der Waals surface area contributed by atoms with Gasteiger partial charge in [0.2, 0.25) is 0 Å². The highest BCUT2D eigenvalue weighted by molar-refractivity contribution is 7.17. The Bertz CT molecular complexity index is 1270. The third-order valence-corrected chi connectivity index (χ3v) is 6.24. The average molecular weight is 433 g/mol. The van der Waals surface area contributed by atoms with E-state index in [0.29, 0.717) is 33.5 Å². The number of aliphatic hydroxyl groups excluding tert-OH is 1. The number of thiophene rings is 1. The number of halogens is 2. The third-order valence-electron chi connectivity index (χ3n) is 5.33. The lowest BCUT2D eigenvalue weighted by atomic mass is 9.90. The van der Waals surface area contributed by atoms with Gasteiger partial charge in [0.1, 0.15) is 10.5 Å². The normalized spacial score (nSPS) is 12.3. The number of benzene rings is 2. The van der Waals surface area contributed by atoms with Gasteiger partial charge < -0.3 is 15.8 Å². The van der Waals surface area contributed by atoms with E-state index in [9.17, 15) is 14.3 Å². The first kappa shape index (κ1) is 21.5. The number of hydrogen-bond acceptors (Lipinski definition) is 4. The van der Waals surface area contributed by atoms with Gasteiger partial charge >= 0.3 is 0 Å². The molecule has 0 spiro atoms. The Balaban J connectivity index is 0.00000240. The molecule has 0 radical (unpaired) electrons. The van der Waals surface area contributed by atoms with E-state index in [1.165, 1.54) is 17.4 Å². The molecule has 29 heavy (non-hydrogen) atoms. The van der Waals surface area contributed by atoms with Crippen LogP contribution in [0.15, 0.2) is 40.5 Å². The topological polar surface area (TPSA) is 79.1 Å². The molecule has 0 aliphatic carbocycles. The molecule has 4 nitrogen and oxygen atoms in total. The minimum atomic E-state index is -0.320. The highest BCUT2D eigenvalue weighted by Crippen LogP contribution is 2.39. The Labute approximate surface area is 177 Å². The second-order valence-corrected chi connectivity index (χ2v) is 8.04. The van der Waals surface area contributed by atoms with Gasteiger partial charge in [-0.25, -0.2) is 4.39 Å². The van der Waals surface area contributed by atoms with Crippen molar-refractivity contribution in [1.29, 1.82) is 0 Å². The molecule has 1 atom stereocenters. The number of nitrogens with two attached hydrogens (primary N) is 1. The molecule has 0 bridgehead atoms. The quantitative estimate of drug-likeness (QED) is 0.432. The van der Waals surface area contributed by atoms with Crippen molar-refractivity contribution in [3.8, 4) is 11.1 Å². The van der Waals surface area contributed by atoms with Crippen LogP contribution in [0.25, 0.3) is 32.1 Å². The van der Waals surface area contributed by atoms with Crippen molar-refractivity contribution in [3.63, 3.8) is 0 Å². The fourth-order valence-corrected chi connectivity index (χ4v) is 4.63. The smallest absolute Gasteiger partial charge is 0.266 e. The summed E-state index contributed by atoms with van der Waals surface area (Å²) in [5.74, 6) is -0.403. The van der Waals surface area contributed by atoms with Gasteiger partial charge in [-0.1, -0.05) is 25.1 Å². The first-order chi connectivity index (χ1) is 13.5. The van der Waals surface area contributed by atoms with E-state index in [1.807, 2.05) is 37.4 Å². The van der Waals surface area contributed by atoms with Crippen molar-refractivity contribution < 1.29 is 9.50 Å². The first-order valence-electron chi connectivity index (χ1n) is 9.12. The molecular formula is C22H22ClFN2O2S. The largest absolute Gasteiger partial charge is 0.392 e. The van der Waals surface area contributed by atoms with Gasteiger partial charge in [-0.2, -0.15) is 0 Å². The van der Waals surface area contributed by atoms with E-state index in [0.717, 1.165) is 21.9 Å². The number of fused-ring (bicyclic) bond motifs is 3. The summed E-state index contributed by atoms with van der Waals surface area (Å²) in [5, 5.41) is 13.5. The second-order valence-electron chi connectivity index (χ2n) is 7.13. The number of nitrogens with one attached hydrogen (secondary N) is 1. The maximum atomic E-state index is 14.8. The van der Waals surface area contributed by atoms with Crippen LogP contribution in [0.4, 0.5) is 4.39 Å². The number of aromatic nitrogens is 1. The summed E-state index contributed by atoms with van der Waals surface area (Å²) in [6.45, 7) is 3.96. The van der Waals surface area contributed by atoms with E-state index in [-0.39, 0.29) is 36.3 Å². The highest BCUT2D eigenvalue weighted by atomic mass is 35.5. The molecule has 0 amide bonds. The lowest BCUT2D eigenvalue weighted by Gasteiger charge is -2.17. The van der Waals surface area contributed by atoms with Crippen LogP contribution in [-0.4, -0.2) is 16.6 Å². The first-order valence-corrected chi connectivity index (χ1v) is 10.0. The summed E-state index contributed by atoms with van der Waals surface area (Å²) in [6, 6.07) is 8.86. The summed E-state index contributed by atoms with van der Waals surface area (Å²) >= 11 is 1.37. The molecule has 0 aliphatic rings. The molecule has 1 unspecified atom stereocenters. The zero-order valence-electron chi connectivity index (χ0n) is 16.1. The van der Waals surface area contributed by atoms with Gasteiger partial charge in [-0.05, 0) is 64.7 Å². The van der Waals surface area contributed by atoms with E-state index >= 15 is 0 Å². The average Bonchev–Trinajstić information content (AvgIpc) is 3.18. The molecule has 2 aromatic carbocycles. The summed E-state index contributed by atoms with van der Waals surface area (Å²) < 4.78 is 15.5. The molecule has 4 N–H and O–H groups in total. The predicted octanol–water partition coefficient (Wildman–Crippen LogP) is 4.83. The fourth-order valence-electron chi connectivity index (χ4n) is 3.83. The number of rotatable bonds is 4. The lowest BCUT2D eigenvalue weighted by Crippen LogP contribution is -2.10. The Hall–Kier alpha value is -2.25. The molecular weight excluding hydrogens is 411 g/mol.